The van der Waals surface area contributed by atoms with Gasteiger partial charge in [0.1, 0.15) is 5.75 Å². The minimum Gasteiger partial charge on any atom is -0.494 e. The Bertz CT molecular complexity index is 344. The Kier molecular flexibility index (Phi) is 2.65. The molecule has 1 aliphatic carbocycles. The van der Waals surface area contributed by atoms with Crippen molar-refractivity contribution in [1.82, 2.24) is 0 Å². The predicted molar refractivity (Wildman–Crippen MR) is 60.4 cm³/mol. The van der Waals surface area contributed by atoms with Gasteiger partial charge in [-0.25, -0.2) is 0 Å². The van der Waals surface area contributed by atoms with Gasteiger partial charge in [-0.2, -0.15) is 0 Å². The first kappa shape index (κ1) is 9.53. The van der Waals surface area contributed by atoms with E-state index in [1.54, 1.807) is 7.11 Å². The van der Waals surface area contributed by atoms with Crippen molar-refractivity contribution in [2.75, 3.05) is 7.11 Å². The molecule has 0 saturated carbocycles. The highest BCUT2D eigenvalue weighted by Crippen LogP contribution is 2.41. The summed E-state index contributed by atoms with van der Waals surface area (Å²) < 4.78 is 7.47. The van der Waals surface area contributed by atoms with E-state index in [0.29, 0.717) is 0 Å². The van der Waals surface area contributed by atoms with Gasteiger partial charge in [-0.05, 0) is 68.3 Å². The van der Waals surface area contributed by atoms with Crippen LogP contribution in [0.25, 0.3) is 0 Å². The SMILES string of the molecule is COc1c(Br)cc2c(c1Br)CCC2. The van der Waals surface area contributed by atoms with Crippen molar-refractivity contribution in [3.8, 4) is 5.75 Å². The van der Waals surface area contributed by atoms with Gasteiger partial charge in [0.15, 0.2) is 0 Å². The minimum absolute atomic E-state index is 0.917. The Morgan fingerprint density at radius 3 is 2.77 bits per heavy atom. The molecule has 1 aliphatic rings. The van der Waals surface area contributed by atoms with Crippen LogP contribution >= 0.6 is 31.9 Å². The van der Waals surface area contributed by atoms with E-state index in [1.165, 1.54) is 30.4 Å². The molecule has 1 nitrogen and oxygen atoms in total. The standard InChI is InChI=1S/C10H10Br2O/c1-13-10-8(11)5-6-3-2-4-7(6)9(10)12/h5H,2-4H2,1H3. The molecular weight excluding hydrogens is 296 g/mol. The van der Waals surface area contributed by atoms with Gasteiger partial charge in [-0.1, -0.05) is 0 Å². The van der Waals surface area contributed by atoms with Gasteiger partial charge in [-0.3, -0.25) is 0 Å². The third kappa shape index (κ3) is 1.52. The molecule has 0 amide bonds. The molecule has 2 rings (SSSR count). The van der Waals surface area contributed by atoms with E-state index < -0.39 is 0 Å². The number of fused-ring (bicyclic) bond motifs is 1. The summed E-state index contributed by atoms with van der Waals surface area (Å²) >= 11 is 7.09. The highest BCUT2D eigenvalue weighted by Gasteiger charge is 2.19. The molecule has 0 unspecified atom stereocenters. The summed E-state index contributed by atoms with van der Waals surface area (Å²) in [6.07, 6.45) is 3.61. The lowest BCUT2D eigenvalue weighted by Gasteiger charge is -2.10. The van der Waals surface area contributed by atoms with Gasteiger partial charge in [0, 0.05) is 0 Å². The van der Waals surface area contributed by atoms with Crippen LogP contribution in [-0.4, -0.2) is 7.11 Å². The lowest BCUT2D eigenvalue weighted by Crippen LogP contribution is -1.92. The molecule has 13 heavy (non-hydrogen) atoms. The van der Waals surface area contributed by atoms with Crippen LogP contribution in [0.15, 0.2) is 15.0 Å². The Labute approximate surface area is 94.7 Å². The molecule has 0 saturated heterocycles. The van der Waals surface area contributed by atoms with Crippen LogP contribution in [0.2, 0.25) is 0 Å². The van der Waals surface area contributed by atoms with E-state index in [2.05, 4.69) is 37.9 Å². The number of halogens is 2. The second kappa shape index (κ2) is 3.62. The quantitative estimate of drug-likeness (QED) is 0.768. The molecule has 0 aliphatic heterocycles. The molecule has 0 N–H and O–H groups in total. The predicted octanol–water partition coefficient (Wildman–Crippen LogP) is 3.71. The van der Waals surface area contributed by atoms with Crippen molar-refractivity contribution in [2.24, 2.45) is 0 Å². The summed E-state index contributed by atoms with van der Waals surface area (Å²) in [6, 6.07) is 2.17. The van der Waals surface area contributed by atoms with Crippen LogP contribution in [0.3, 0.4) is 0 Å². The lowest BCUT2D eigenvalue weighted by atomic mass is 10.1. The molecule has 3 heteroatoms. The Morgan fingerprint density at radius 1 is 1.31 bits per heavy atom. The molecular formula is C10H10Br2O. The summed E-state index contributed by atoms with van der Waals surface area (Å²) in [7, 11) is 1.70. The van der Waals surface area contributed by atoms with Crippen LogP contribution in [0.4, 0.5) is 0 Å². The molecule has 0 atom stereocenters. The normalized spacial score (nSPS) is 14.4. The fourth-order valence-corrected chi connectivity index (χ4v) is 3.56. The number of hydrogen-bond donors (Lipinski definition) is 0. The lowest BCUT2D eigenvalue weighted by molar-refractivity contribution is 0.409. The summed E-state index contributed by atoms with van der Waals surface area (Å²) in [4.78, 5) is 0. The molecule has 1 aromatic rings. The molecule has 0 heterocycles. The van der Waals surface area contributed by atoms with Gasteiger partial charge in [0.2, 0.25) is 0 Å². The first-order chi connectivity index (χ1) is 6.24. The summed E-state index contributed by atoms with van der Waals surface area (Å²) in [5.74, 6) is 0.917. The molecule has 0 spiro atoms. The van der Waals surface area contributed by atoms with Crippen molar-refractivity contribution in [3.63, 3.8) is 0 Å². The maximum Gasteiger partial charge on any atom is 0.147 e. The second-order valence-corrected chi connectivity index (χ2v) is 4.84. The second-order valence-electron chi connectivity index (χ2n) is 3.20. The van der Waals surface area contributed by atoms with Crippen molar-refractivity contribution >= 4 is 31.9 Å². The maximum absolute atomic E-state index is 5.31. The van der Waals surface area contributed by atoms with E-state index in [4.69, 9.17) is 4.74 Å². The monoisotopic (exact) mass is 304 g/mol. The molecule has 0 radical (unpaired) electrons. The molecule has 0 fully saturated rings. The van der Waals surface area contributed by atoms with E-state index >= 15 is 0 Å². The average molecular weight is 306 g/mol. The molecule has 1 aromatic carbocycles. The first-order valence-electron chi connectivity index (χ1n) is 4.27. The van der Waals surface area contributed by atoms with Crippen molar-refractivity contribution in [3.05, 3.63) is 26.1 Å². The van der Waals surface area contributed by atoms with Crippen LogP contribution in [0, 0.1) is 0 Å². The Balaban J connectivity index is 2.62. The van der Waals surface area contributed by atoms with Crippen LogP contribution in [-0.2, 0) is 12.8 Å². The van der Waals surface area contributed by atoms with E-state index in [-0.39, 0.29) is 0 Å². The molecule has 70 valence electrons. The molecule has 0 aromatic heterocycles. The average Bonchev–Trinajstić information content (AvgIpc) is 2.53. The highest BCUT2D eigenvalue weighted by molar-refractivity contribution is 9.11. The van der Waals surface area contributed by atoms with Gasteiger partial charge in [0.05, 0.1) is 16.1 Å². The zero-order valence-electron chi connectivity index (χ0n) is 7.36. The highest BCUT2D eigenvalue weighted by atomic mass is 79.9. The van der Waals surface area contributed by atoms with Crippen molar-refractivity contribution < 1.29 is 4.74 Å². The fourth-order valence-electron chi connectivity index (χ4n) is 1.82. The van der Waals surface area contributed by atoms with Crippen LogP contribution in [0.1, 0.15) is 17.5 Å². The third-order valence-electron chi connectivity index (χ3n) is 2.45. The number of hydrogen-bond acceptors (Lipinski definition) is 1. The number of rotatable bonds is 1. The number of methoxy groups -OCH3 is 1. The third-order valence-corrected chi connectivity index (χ3v) is 3.87. The van der Waals surface area contributed by atoms with Crippen molar-refractivity contribution in [2.45, 2.75) is 19.3 Å². The van der Waals surface area contributed by atoms with Crippen LogP contribution < -0.4 is 4.74 Å². The number of benzene rings is 1. The van der Waals surface area contributed by atoms with Gasteiger partial charge in [0.25, 0.3) is 0 Å². The van der Waals surface area contributed by atoms with Gasteiger partial charge in [-0.15, -0.1) is 0 Å². The Hall–Kier alpha value is -0.0200. The van der Waals surface area contributed by atoms with E-state index in [9.17, 15) is 0 Å². The minimum atomic E-state index is 0.917. The Morgan fingerprint density at radius 2 is 2.08 bits per heavy atom. The molecule has 0 bridgehead atoms. The topological polar surface area (TPSA) is 9.23 Å². The number of ether oxygens (including phenoxy) is 1. The zero-order valence-corrected chi connectivity index (χ0v) is 10.5. The zero-order chi connectivity index (χ0) is 9.42. The smallest absolute Gasteiger partial charge is 0.147 e. The van der Waals surface area contributed by atoms with Crippen molar-refractivity contribution in [1.29, 1.82) is 0 Å². The number of aryl methyl sites for hydroxylation is 1. The first-order valence-corrected chi connectivity index (χ1v) is 5.86. The maximum atomic E-state index is 5.31. The van der Waals surface area contributed by atoms with E-state index in [1.807, 2.05) is 0 Å². The summed E-state index contributed by atoms with van der Waals surface area (Å²) in [5, 5.41) is 0. The van der Waals surface area contributed by atoms with Gasteiger partial charge < -0.3 is 4.74 Å². The fraction of sp³-hybridized carbons (Fsp3) is 0.400. The largest absolute Gasteiger partial charge is 0.494 e. The van der Waals surface area contributed by atoms with Crippen LogP contribution in [0.5, 0.6) is 5.75 Å². The summed E-state index contributed by atoms with van der Waals surface area (Å²) in [5.41, 5.74) is 2.86. The van der Waals surface area contributed by atoms with E-state index in [0.717, 1.165) is 14.7 Å². The van der Waals surface area contributed by atoms with Gasteiger partial charge >= 0.3 is 0 Å². The summed E-state index contributed by atoms with van der Waals surface area (Å²) in [6.45, 7) is 0.